The van der Waals surface area contributed by atoms with Crippen LogP contribution in [0.25, 0.3) is 58.8 Å². The van der Waals surface area contributed by atoms with Crippen molar-refractivity contribution >= 4 is 82.5 Å². The van der Waals surface area contributed by atoms with Crippen LogP contribution in [0.4, 0.5) is 11.4 Å². The van der Waals surface area contributed by atoms with Gasteiger partial charge in [0.15, 0.2) is 0 Å². The van der Waals surface area contributed by atoms with Crippen LogP contribution in [0.1, 0.15) is 131 Å². The molecule has 0 atom stereocenters. The van der Waals surface area contributed by atoms with Gasteiger partial charge in [-0.2, -0.15) is 0 Å². The number of anilines is 2. The fourth-order valence-electron chi connectivity index (χ4n) is 11.2. The predicted octanol–water partition coefficient (Wildman–Crippen LogP) is 14.6. The standard InChI is InChI=1S/C56H59BN2S/c1-52(2,3)32-18-22-35(23-19-32)59-42-24-20-33(53(4,5)6)28-37(42)46-47-36-16-14-15-17-45(36)60-51(47)48-38-30-39-40(56(12,13)27-26-55(39,10)11)31-44(38)58-43-25-21-34(54(7,8)9)29-41(43)57(59)49(46)50(48)58/h14-25,28-31H,26-27H2,1-13H3. The molecular formula is C56H59BN2S. The fourth-order valence-corrected chi connectivity index (χ4v) is 12.5. The van der Waals surface area contributed by atoms with Crippen molar-refractivity contribution in [2.45, 2.75) is 130 Å². The molecule has 60 heavy (non-hydrogen) atoms. The van der Waals surface area contributed by atoms with Gasteiger partial charge in [0.2, 0.25) is 0 Å². The SMILES string of the molecule is CC(C)(C)c1ccc(N2B3c4cc(C(C)(C)C)ccc4-n4c5cc6c(cc5c5c7sc8ccccc8c7c(c3c54)-c3cc(C(C)(C)C)ccc32)C(C)(C)CCC6(C)C)cc1. The molecule has 1 aliphatic carbocycles. The van der Waals surface area contributed by atoms with Crippen molar-refractivity contribution in [2.24, 2.45) is 0 Å². The van der Waals surface area contributed by atoms with Crippen LogP contribution in [0.5, 0.6) is 0 Å². The number of rotatable bonds is 1. The van der Waals surface area contributed by atoms with Crippen LogP contribution in [-0.4, -0.2) is 11.4 Å². The van der Waals surface area contributed by atoms with Gasteiger partial charge in [-0.3, -0.25) is 0 Å². The number of hydrogen-bond donors (Lipinski definition) is 0. The van der Waals surface area contributed by atoms with Crippen LogP contribution in [0, 0.1) is 0 Å². The van der Waals surface area contributed by atoms with Gasteiger partial charge in [-0.25, -0.2) is 0 Å². The van der Waals surface area contributed by atoms with Gasteiger partial charge in [-0.15, -0.1) is 11.3 Å². The van der Waals surface area contributed by atoms with Crippen LogP contribution in [0.2, 0.25) is 0 Å². The third-order valence-electron chi connectivity index (χ3n) is 14.9. The maximum Gasteiger partial charge on any atom is 0.333 e. The average Bonchev–Trinajstić information content (AvgIpc) is 3.73. The molecule has 0 amide bonds. The van der Waals surface area contributed by atoms with E-state index in [1.54, 1.807) is 0 Å². The van der Waals surface area contributed by atoms with Crippen molar-refractivity contribution < 1.29 is 0 Å². The quantitative estimate of drug-likeness (QED) is 0.150. The summed E-state index contributed by atoms with van der Waals surface area (Å²) in [5.41, 5.74) is 19.5. The van der Waals surface area contributed by atoms with Crippen molar-refractivity contribution in [1.29, 1.82) is 0 Å². The van der Waals surface area contributed by atoms with E-state index < -0.39 is 0 Å². The highest BCUT2D eigenvalue weighted by Crippen LogP contribution is 2.55. The summed E-state index contributed by atoms with van der Waals surface area (Å²) in [6.07, 6.45) is 2.39. The smallest absolute Gasteiger partial charge is 0.333 e. The molecule has 4 heteroatoms. The third kappa shape index (κ3) is 5.19. The Kier molecular flexibility index (Phi) is 7.61. The number of fused-ring (bicyclic) bond motifs is 14. The zero-order chi connectivity index (χ0) is 42.2. The molecule has 0 saturated carbocycles. The van der Waals surface area contributed by atoms with E-state index in [2.05, 4.69) is 196 Å². The van der Waals surface area contributed by atoms with Gasteiger partial charge >= 0.3 is 6.85 Å². The summed E-state index contributed by atoms with van der Waals surface area (Å²) in [4.78, 5) is 2.72. The topological polar surface area (TPSA) is 8.17 Å². The second-order valence-corrected chi connectivity index (χ2v) is 24.0. The minimum absolute atomic E-state index is 0.00991. The normalized spacial score (nSPS) is 16.8. The summed E-state index contributed by atoms with van der Waals surface area (Å²) < 4.78 is 5.51. The molecule has 11 rings (SSSR count). The molecule has 0 fully saturated rings. The summed E-state index contributed by atoms with van der Waals surface area (Å²) in [5.74, 6) is 0. The summed E-state index contributed by atoms with van der Waals surface area (Å²) in [6.45, 7) is 31.0. The molecule has 2 nitrogen and oxygen atoms in total. The maximum absolute atomic E-state index is 2.73. The van der Waals surface area contributed by atoms with E-state index in [1.807, 2.05) is 11.3 Å². The molecule has 0 N–H and O–H groups in total. The van der Waals surface area contributed by atoms with E-state index in [0.29, 0.717) is 0 Å². The lowest BCUT2D eigenvalue weighted by molar-refractivity contribution is 0.332. The van der Waals surface area contributed by atoms with Crippen molar-refractivity contribution in [1.82, 2.24) is 4.57 Å². The Morgan fingerprint density at radius 3 is 1.82 bits per heavy atom. The van der Waals surface area contributed by atoms with Crippen molar-refractivity contribution in [3.63, 3.8) is 0 Å². The van der Waals surface area contributed by atoms with Crippen molar-refractivity contribution in [3.05, 3.63) is 125 Å². The van der Waals surface area contributed by atoms with Crippen molar-refractivity contribution in [3.8, 4) is 16.8 Å². The van der Waals surface area contributed by atoms with Gasteiger partial charge < -0.3 is 9.38 Å². The summed E-state index contributed by atoms with van der Waals surface area (Å²) >= 11 is 2.00. The fraction of sp³-hybridized carbons (Fsp3) is 0.357. The Morgan fingerprint density at radius 1 is 0.583 bits per heavy atom. The first-order chi connectivity index (χ1) is 28.1. The van der Waals surface area contributed by atoms with E-state index >= 15 is 0 Å². The van der Waals surface area contributed by atoms with Crippen LogP contribution < -0.4 is 15.7 Å². The van der Waals surface area contributed by atoms with E-state index in [1.165, 1.54) is 122 Å². The number of hydrogen-bond acceptors (Lipinski definition) is 2. The van der Waals surface area contributed by atoms with E-state index in [9.17, 15) is 0 Å². The maximum atomic E-state index is 2.73. The Bertz CT molecular complexity index is 3150. The zero-order valence-corrected chi connectivity index (χ0v) is 38.8. The van der Waals surface area contributed by atoms with E-state index in [4.69, 9.17) is 0 Å². The molecule has 0 unspecified atom stereocenters. The average molecular weight is 803 g/mol. The Morgan fingerprint density at radius 2 is 1.17 bits per heavy atom. The Hall–Kier alpha value is -4.80. The molecule has 4 heterocycles. The molecule has 3 aliphatic rings. The Labute approximate surface area is 361 Å². The molecule has 302 valence electrons. The van der Waals surface area contributed by atoms with Crippen LogP contribution in [0.3, 0.4) is 0 Å². The predicted molar refractivity (Wildman–Crippen MR) is 264 cm³/mol. The molecule has 2 aliphatic heterocycles. The lowest BCUT2D eigenvalue weighted by Crippen LogP contribution is -2.60. The molecule has 6 aromatic carbocycles. The van der Waals surface area contributed by atoms with Gasteiger partial charge in [0.05, 0.1) is 11.0 Å². The van der Waals surface area contributed by atoms with Gasteiger partial charge in [0.25, 0.3) is 0 Å². The van der Waals surface area contributed by atoms with Gasteiger partial charge in [-0.1, -0.05) is 139 Å². The van der Waals surface area contributed by atoms with Crippen LogP contribution in [0.15, 0.2) is 97.1 Å². The monoisotopic (exact) mass is 802 g/mol. The second kappa shape index (κ2) is 12.0. The first-order valence-electron chi connectivity index (χ1n) is 22.3. The lowest BCUT2D eigenvalue weighted by Gasteiger charge is -2.43. The largest absolute Gasteiger partial charge is 0.376 e. The van der Waals surface area contributed by atoms with Gasteiger partial charge in [0, 0.05) is 53.6 Å². The molecule has 0 bridgehead atoms. The van der Waals surface area contributed by atoms with Crippen LogP contribution >= 0.6 is 11.3 Å². The summed E-state index contributed by atoms with van der Waals surface area (Å²) in [6, 6.07) is 39.0. The molecule has 0 radical (unpaired) electrons. The Balaban J connectivity index is 1.40. The summed E-state index contributed by atoms with van der Waals surface area (Å²) in [5, 5.41) is 5.62. The molecule has 0 spiro atoms. The number of aromatic nitrogens is 1. The molecule has 2 aromatic heterocycles. The number of thiophene rings is 1. The first-order valence-corrected chi connectivity index (χ1v) is 23.2. The third-order valence-corrected chi connectivity index (χ3v) is 16.1. The van der Waals surface area contributed by atoms with Crippen molar-refractivity contribution in [2.75, 3.05) is 4.81 Å². The second-order valence-electron chi connectivity index (χ2n) is 22.9. The highest BCUT2D eigenvalue weighted by Gasteiger charge is 2.47. The zero-order valence-electron chi connectivity index (χ0n) is 38.0. The number of benzene rings is 6. The molecule has 8 aromatic rings. The van der Waals surface area contributed by atoms with Gasteiger partial charge in [-0.05, 0) is 133 Å². The minimum Gasteiger partial charge on any atom is -0.376 e. The highest BCUT2D eigenvalue weighted by atomic mass is 32.1. The lowest BCUT2D eigenvalue weighted by atomic mass is 9.43. The number of nitrogens with zero attached hydrogens (tertiary/aromatic N) is 2. The summed E-state index contributed by atoms with van der Waals surface area (Å²) in [7, 11) is 0. The molecular weight excluding hydrogens is 744 g/mol. The minimum atomic E-state index is -0.0318. The van der Waals surface area contributed by atoms with Crippen LogP contribution in [-0.2, 0) is 27.1 Å². The first kappa shape index (κ1) is 38.2. The van der Waals surface area contributed by atoms with E-state index in [-0.39, 0.29) is 33.9 Å². The van der Waals surface area contributed by atoms with Gasteiger partial charge in [0.1, 0.15) is 0 Å². The van der Waals surface area contributed by atoms with E-state index in [0.717, 1.165) is 0 Å². The molecule has 0 saturated heterocycles. The highest BCUT2D eigenvalue weighted by molar-refractivity contribution is 7.27.